The Bertz CT molecular complexity index is 524. The first-order valence-corrected chi connectivity index (χ1v) is 6.05. The normalized spacial score (nSPS) is 9.86. The van der Waals surface area contributed by atoms with Crippen LogP contribution in [0.15, 0.2) is 18.2 Å². The minimum Gasteiger partial charge on any atom is -0.388 e. The van der Waals surface area contributed by atoms with Crippen LogP contribution in [0.3, 0.4) is 0 Å². The Balaban J connectivity index is 0.000000885. The third-order valence-corrected chi connectivity index (χ3v) is 2.00. The Morgan fingerprint density at radius 2 is 1.86 bits per heavy atom. The number of nitrogens with one attached hydrogen (secondary N) is 1. The number of alkyl halides is 3. The van der Waals surface area contributed by atoms with Gasteiger partial charge in [0.2, 0.25) is 0 Å². The molecule has 116 valence electrons. The highest BCUT2D eigenvalue weighted by molar-refractivity contribution is 5.72. The van der Waals surface area contributed by atoms with Crippen molar-refractivity contribution in [2.24, 2.45) is 0 Å². The van der Waals surface area contributed by atoms with E-state index < -0.39 is 11.7 Å². The number of ketones is 1. The molecule has 21 heavy (non-hydrogen) atoms. The fraction of sp³-hybridized carbons (Fsp3) is 0.400. The van der Waals surface area contributed by atoms with Crippen LogP contribution in [0.5, 0.6) is 0 Å². The van der Waals surface area contributed by atoms with Crippen LogP contribution in [-0.4, -0.2) is 26.5 Å². The first-order chi connectivity index (χ1) is 9.70. The first-order valence-electron chi connectivity index (χ1n) is 6.05. The highest BCUT2D eigenvalue weighted by Crippen LogP contribution is 2.31. The molecule has 0 aromatic heterocycles. The number of ether oxygens (including phenoxy) is 1. The number of carbonyl (C=O) groups excluding carboxylic acids is 1. The fourth-order valence-corrected chi connectivity index (χ4v) is 1.22. The molecule has 1 aromatic carbocycles. The van der Waals surface area contributed by atoms with E-state index >= 15 is 0 Å². The van der Waals surface area contributed by atoms with E-state index in [9.17, 15) is 18.0 Å². The molecule has 0 spiro atoms. The van der Waals surface area contributed by atoms with Crippen molar-refractivity contribution in [3.05, 3.63) is 29.3 Å². The molecule has 1 N–H and O–H groups in total. The molecule has 1 aromatic rings. The SMILES string of the molecule is CC(C)=O.CNc1cc(C#CCOC)cc(C(F)(F)F)c1. The highest BCUT2D eigenvalue weighted by atomic mass is 19.4. The van der Waals surface area contributed by atoms with Gasteiger partial charge in [-0.3, -0.25) is 0 Å². The van der Waals surface area contributed by atoms with Crippen molar-refractivity contribution >= 4 is 11.5 Å². The van der Waals surface area contributed by atoms with E-state index in [1.165, 1.54) is 21.0 Å². The number of benzene rings is 1. The maximum absolute atomic E-state index is 12.6. The molecule has 0 bridgehead atoms. The molecule has 0 atom stereocenters. The van der Waals surface area contributed by atoms with Crippen LogP contribution in [0, 0.1) is 11.8 Å². The van der Waals surface area contributed by atoms with Crippen molar-refractivity contribution in [3.63, 3.8) is 0 Å². The summed E-state index contributed by atoms with van der Waals surface area (Å²) in [5, 5.41) is 2.67. The standard InChI is InChI=1S/C12H12F3NO.C3H6O/c1-16-11-7-9(4-3-5-17-2)6-10(8-11)12(13,14)15;1-3(2)4/h6-8,16H,5H2,1-2H3;1-2H3. The van der Waals surface area contributed by atoms with Gasteiger partial charge in [0.1, 0.15) is 12.4 Å². The van der Waals surface area contributed by atoms with Crippen LogP contribution in [0.2, 0.25) is 0 Å². The van der Waals surface area contributed by atoms with Crippen LogP contribution in [0.4, 0.5) is 18.9 Å². The fourth-order valence-electron chi connectivity index (χ4n) is 1.22. The predicted octanol–water partition coefficient (Wildman–Crippen LogP) is 3.34. The maximum atomic E-state index is 12.6. The lowest BCUT2D eigenvalue weighted by Crippen LogP contribution is -2.06. The van der Waals surface area contributed by atoms with Crippen LogP contribution in [0.25, 0.3) is 0 Å². The number of hydrogen-bond donors (Lipinski definition) is 1. The van der Waals surface area contributed by atoms with Gasteiger partial charge in [-0.2, -0.15) is 13.2 Å². The summed E-state index contributed by atoms with van der Waals surface area (Å²) < 4.78 is 42.4. The van der Waals surface area contributed by atoms with Gasteiger partial charge >= 0.3 is 6.18 Å². The molecule has 0 radical (unpaired) electrons. The summed E-state index contributed by atoms with van der Waals surface area (Å²) in [6.45, 7) is 3.24. The third kappa shape index (κ3) is 8.71. The molecule has 3 nitrogen and oxygen atoms in total. The van der Waals surface area contributed by atoms with Crippen LogP contribution in [-0.2, 0) is 15.7 Å². The second kappa shape index (κ2) is 9.03. The molecule has 0 aliphatic heterocycles. The number of halogens is 3. The number of rotatable bonds is 2. The van der Waals surface area contributed by atoms with Crippen molar-refractivity contribution in [1.82, 2.24) is 0 Å². The van der Waals surface area contributed by atoms with Crippen molar-refractivity contribution in [1.29, 1.82) is 0 Å². The smallest absolute Gasteiger partial charge is 0.388 e. The largest absolute Gasteiger partial charge is 0.416 e. The molecule has 6 heteroatoms. The lowest BCUT2D eigenvalue weighted by atomic mass is 10.1. The predicted molar refractivity (Wildman–Crippen MR) is 76.1 cm³/mol. The first kappa shape index (κ1) is 19.0. The van der Waals surface area contributed by atoms with Gasteiger partial charge in [-0.25, -0.2) is 0 Å². The molecule has 0 saturated heterocycles. The molecule has 0 aliphatic rings. The lowest BCUT2D eigenvalue weighted by Gasteiger charge is -2.09. The molecular weight excluding hydrogens is 283 g/mol. The van der Waals surface area contributed by atoms with Crippen LogP contribution in [0.1, 0.15) is 25.0 Å². The number of Topliss-reactive ketones (excluding diaryl/α,β-unsaturated/α-hetero) is 1. The lowest BCUT2D eigenvalue weighted by molar-refractivity contribution is -0.137. The summed E-state index contributed by atoms with van der Waals surface area (Å²) in [7, 11) is 3.03. The Morgan fingerprint density at radius 1 is 1.29 bits per heavy atom. The van der Waals surface area contributed by atoms with E-state index in [2.05, 4.69) is 17.2 Å². The van der Waals surface area contributed by atoms with Gasteiger partial charge in [0.15, 0.2) is 0 Å². The summed E-state index contributed by atoms with van der Waals surface area (Å²) in [6, 6.07) is 3.61. The third-order valence-electron chi connectivity index (χ3n) is 2.00. The van der Waals surface area contributed by atoms with Crippen molar-refractivity contribution in [2.45, 2.75) is 20.0 Å². The molecular formula is C15H18F3NO2. The van der Waals surface area contributed by atoms with E-state index in [-0.39, 0.29) is 12.4 Å². The molecule has 0 aliphatic carbocycles. The molecule has 0 amide bonds. The van der Waals surface area contributed by atoms with E-state index in [1.54, 1.807) is 13.1 Å². The van der Waals surface area contributed by atoms with E-state index in [1.807, 2.05) is 0 Å². The second-order valence-electron chi connectivity index (χ2n) is 4.19. The zero-order valence-corrected chi connectivity index (χ0v) is 12.4. The van der Waals surface area contributed by atoms with E-state index in [0.29, 0.717) is 11.3 Å². The summed E-state index contributed by atoms with van der Waals surface area (Å²) in [4.78, 5) is 9.44. The minimum atomic E-state index is -4.37. The Hall–Kier alpha value is -2.00. The average molecular weight is 301 g/mol. The average Bonchev–Trinajstić information content (AvgIpc) is 2.37. The summed E-state index contributed by atoms with van der Waals surface area (Å²) in [5.41, 5.74) is -0.0335. The molecule has 0 heterocycles. The van der Waals surface area contributed by atoms with Crippen molar-refractivity contribution in [3.8, 4) is 11.8 Å². The van der Waals surface area contributed by atoms with E-state index in [0.717, 1.165) is 12.1 Å². The summed E-state index contributed by atoms with van der Waals surface area (Å²) in [6.07, 6.45) is -4.37. The van der Waals surface area contributed by atoms with Gasteiger partial charge in [-0.1, -0.05) is 11.8 Å². The van der Waals surface area contributed by atoms with Gasteiger partial charge < -0.3 is 14.8 Å². The van der Waals surface area contributed by atoms with Gasteiger partial charge in [-0.05, 0) is 32.0 Å². The van der Waals surface area contributed by atoms with Crippen molar-refractivity contribution < 1.29 is 22.7 Å². The highest BCUT2D eigenvalue weighted by Gasteiger charge is 2.31. The summed E-state index contributed by atoms with van der Waals surface area (Å²) in [5.74, 6) is 5.40. The summed E-state index contributed by atoms with van der Waals surface area (Å²) >= 11 is 0. The van der Waals surface area contributed by atoms with Crippen molar-refractivity contribution in [2.75, 3.05) is 26.1 Å². The van der Waals surface area contributed by atoms with Gasteiger partial charge in [0.25, 0.3) is 0 Å². The Morgan fingerprint density at radius 3 is 2.29 bits per heavy atom. The zero-order valence-electron chi connectivity index (χ0n) is 12.4. The topological polar surface area (TPSA) is 38.3 Å². The quantitative estimate of drug-likeness (QED) is 0.851. The molecule has 0 saturated carbocycles. The number of carbonyl (C=O) groups is 1. The molecule has 0 fully saturated rings. The molecule has 1 rings (SSSR count). The number of methoxy groups -OCH3 is 1. The number of hydrogen-bond acceptors (Lipinski definition) is 3. The zero-order chi connectivity index (χ0) is 16.5. The van der Waals surface area contributed by atoms with E-state index in [4.69, 9.17) is 4.74 Å². The number of anilines is 1. The van der Waals surface area contributed by atoms with Gasteiger partial charge in [-0.15, -0.1) is 0 Å². The second-order valence-corrected chi connectivity index (χ2v) is 4.19. The Labute approximate surface area is 122 Å². The monoisotopic (exact) mass is 301 g/mol. The minimum absolute atomic E-state index is 0.167. The molecule has 0 unspecified atom stereocenters. The van der Waals surface area contributed by atoms with Gasteiger partial charge in [0, 0.05) is 25.4 Å². The van der Waals surface area contributed by atoms with Gasteiger partial charge in [0.05, 0.1) is 5.56 Å². The van der Waals surface area contributed by atoms with Crippen LogP contribution < -0.4 is 5.32 Å². The van der Waals surface area contributed by atoms with Crippen LogP contribution >= 0.6 is 0 Å². The maximum Gasteiger partial charge on any atom is 0.416 e. The Kier molecular flexibility index (Phi) is 8.17.